The van der Waals surface area contributed by atoms with Crippen LogP contribution in [0.25, 0.3) is 0 Å². The van der Waals surface area contributed by atoms with E-state index in [1.165, 1.54) is 22.5 Å². The summed E-state index contributed by atoms with van der Waals surface area (Å²) in [4.78, 5) is 12.8. The van der Waals surface area contributed by atoms with Crippen LogP contribution in [0.15, 0.2) is 23.1 Å². The predicted octanol–water partition coefficient (Wildman–Crippen LogP) is 4.71. The quantitative estimate of drug-likeness (QED) is 0.619. The van der Waals surface area contributed by atoms with Gasteiger partial charge in [0.25, 0.3) is 5.91 Å². The highest BCUT2D eigenvalue weighted by molar-refractivity contribution is 7.89. The summed E-state index contributed by atoms with van der Waals surface area (Å²) in [5.41, 5.74) is 0.221. The molecule has 1 aliphatic heterocycles. The van der Waals surface area contributed by atoms with Crippen molar-refractivity contribution in [3.63, 3.8) is 0 Å². The molecule has 1 saturated heterocycles. The van der Waals surface area contributed by atoms with Crippen LogP contribution < -0.4 is 5.32 Å². The highest BCUT2D eigenvalue weighted by Gasteiger charge is 2.29. The Hall–Kier alpha value is -1.11. The fraction of sp³-hybridized carbons (Fsp3) is 0.667. The summed E-state index contributed by atoms with van der Waals surface area (Å²) in [7, 11) is -3.61. The summed E-state index contributed by atoms with van der Waals surface area (Å²) < 4.78 is 27.4. The molecule has 5 nitrogen and oxygen atoms in total. The summed E-state index contributed by atoms with van der Waals surface area (Å²) in [6.45, 7) is 8.02. The molecular weight excluding hydrogens is 396 g/mol. The number of carbonyl (C=O) groups is 1. The molecule has 0 aromatic heterocycles. The number of benzene rings is 1. The van der Waals surface area contributed by atoms with Crippen molar-refractivity contribution >= 4 is 27.5 Å². The number of nitrogens with zero attached hydrogens (tertiary/aromatic N) is 1. The second kappa shape index (κ2) is 10.6. The third-order valence-corrected chi connectivity index (χ3v) is 7.88. The first kappa shape index (κ1) is 23.2. The molecule has 1 aromatic rings. The fourth-order valence-corrected chi connectivity index (χ4v) is 5.19. The number of unbranched alkanes of at least 4 members (excludes halogenated alkanes) is 1. The Morgan fingerprint density at radius 2 is 1.96 bits per heavy atom. The first-order chi connectivity index (χ1) is 13.3. The molecule has 28 heavy (non-hydrogen) atoms. The van der Waals surface area contributed by atoms with Gasteiger partial charge in [-0.25, -0.2) is 8.42 Å². The van der Waals surface area contributed by atoms with E-state index in [-0.39, 0.29) is 21.4 Å². The molecular formula is C21H33ClN2O3S. The van der Waals surface area contributed by atoms with E-state index in [0.717, 1.165) is 38.5 Å². The molecule has 2 rings (SSSR count). The van der Waals surface area contributed by atoms with Gasteiger partial charge in [-0.1, -0.05) is 51.6 Å². The van der Waals surface area contributed by atoms with Crippen molar-refractivity contribution in [2.45, 2.75) is 64.2 Å². The Balaban J connectivity index is 2.12. The van der Waals surface area contributed by atoms with E-state index in [1.807, 2.05) is 0 Å². The summed E-state index contributed by atoms with van der Waals surface area (Å²) in [5, 5.41) is 3.20. The number of amides is 1. The lowest BCUT2D eigenvalue weighted by atomic mass is 9.99. The van der Waals surface area contributed by atoms with Gasteiger partial charge in [-0.3, -0.25) is 4.79 Å². The van der Waals surface area contributed by atoms with Gasteiger partial charge in [-0.2, -0.15) is 4.31 Å². The maximum atomic E-state index is 13.0. The largest absolute Gasteiger partial charge is 0.352 e. The Morgan fingerprint density at radius 1 is 1.29 bits per heavy atom. The first-order valence-electron chi connectivity index (χ1n) is 10.4. The van der Waals surface area contributed by atoms with Gasteiger partial charge in [0.2, 0.25) is 10.0 Å². The topological polar surface area (TPSA) is 66.5 Å². The van der Waals surface area contributed by atoms with Crippen LogP contribution in [-0.4, -0.2) is 38.3 Å². The molecule has 0 saturated carbocycles. The fourth-order valence-electron chi connectivity index (χ4n) is 3.49. The van der Waals surface area contributed by atoms with Gasteiger partial charge in [-0.15, -0.1) is 0 Å². The maximum absolute atomic E-state index is 13.0. The molecule has 1 amide bonds. The third kappa shape index (κ3) is 5.94. The molecule has 0 bridgehead atoms. The van der Waals surface area contributed by atoms with E-state index in [1.54, 1.807) is 0 Å². The zero-order chi connectivity index (χ0) is 20.7. The zero-order valence-electron chi connectivity index (χ0n) is 17.2. The number of sulfonamides is 1. The maximum Gasteiger partial charge on any atom is 0.252 e. The van der Waals surface area contributed by atoms with Crippen molar-refractivity contribution in [1.82, 2.24) is 9.62 Å². The number of nitrogens with one attached hydrogen (secondary N) is 1. The Labute approximate surface area is 174 Å². The van der Waals surface area contributed by atoms with Crippen LogP contribution in [0, 0.1) is 11.8 Å². The minimum absolute atomic E-state index is 0.134. The third-order valence-electron chi connectivity index (χ3n) is 5.66. The van der Waals surface area contributed by atoms with E-state index in [0.29, 0.717) is 31.5 Å². The van der Waals surface area contributed by atoms with Crippen LogP contribution >= 0.6 is 11.6 Å². The SMILES string of the molecule is CCCC[C@@H](CC)CNC(=O)c1cc(S(=O)(=O)N2CCC(C)CC2)ccc1Cl. The van der Waals surface area contributed by atoms with Gasteiger partial charge >= 0.3 is 0 Å². The average Bonchev–Trinajstić information content (AvgIpc) is 2.68. The van der Waals surface area contributed by atoms with Gasteiger partial charge in [0.15, 0.2) is 0 Å². The molecule has 1 aliphatic rings. The lowest BCUT2D eigenvalue weighted by molar-refractivity contribution is 0.0945. The molecule has 0 radical (unpaired) electrons. The molecule has 158 valence electrons. The molecule has 1 fully saturated rings. The number of carbonyl (C=O) groups excluding carboxylic acids is 1. The Morgan fingerprint density at radius 3 is 2.57 bits per heavy atom. The smallest absolute Gasteiger partial charge is 0.252 e. The molecule has 7 heteroatoms. The second-order valence-electron chi connectivity index (χ2n) is 7.85. The lowest BCUT2D eigenvalue weighted by Gasteiger charge is -2.29. The highest BCUT2D eigenvalue weighted by Crippen LogP contribution is 2.26. The minimum atomic E-state index is -3.61. The van der Waals surface area contributed by atoms with Crippen LogP contribution in [0.5, 0.6) is 0 Å². The van der Waals surface area contributed by atoms with E-state index in [4.69, 9.17) is 11.6 Å². The zero-order valence-corrected chi connectivity index (χ0v) is 18.8. The first-order valence-corrected chi connectivity index (χ1v) is 12.2. The molecule has 0 aliphatic carbocycles. The average molecular weight is 429 g/mol. The standard InChI is InChI=1S/C21H33ClN2O3S/c1-4-6-7-17(5-2)15-23-21(25)19-14-18(8-9-20(19)22)28(26,27)24-12-10-16(3)11-13-24/h8-9,14,16-17H,4-7,10-13,15H2,1-3H3,(H,23,25)/t17-/m1/s1. The van der Waals surface area contributed by atoms with Crippen molar-refractivity contribution in [1.29, 1.82) is 0 Å². The van der Waals surface area contributed by atoms with Crippen LogP contribution in [0.3, 0.4) is 0 Å². The normalized spacial score (nSPS) is 17.4. The monoisotopic (exact) mass is 428 g/mol. The summed E-state index contributed by atoms with van der Waals surface area (Å²) >= 11 is 6.21. The molecule has 1 atom stereocenters. The van der Waals surface area contributed by atoms with Gasteiger partial charge in [0, 0.05) is 19.6 Å². The molecule has 1 N–H and O–H groups in total. The summed E-state index contributed by atoms with van der Waals surface area (Å²) in [6, 6.07) is 4.41. The Bertz CT molecular complexity index is 759. The van der Waals surface area contributed by atoms with Crippen LogP contribution in [0.2, 0.25) is 5.02 Å². The Kier molecular flexibility index (Phi) is 8.78. The minimum Gasteiger partial charge on any atom is -0.352 e. The lowest BCUT2D eigenvalue weighted by Crippen LogP contribution is -2.38. The van der Waals surface area contributed by atoms with E-state index in [2.05, 4.69) is 26.1 Å². The predicted molar refractivity (Wildman–Crippen MR) is 114 cm³/mol. The van der Waals surface area contributed by atoms with Crippen molar-refractivity contribution < 1.29 is 13.2 Å². The molecule has 0 spiro atoms. The number of halogens is 1. The number of rotatable bonds is 9. The highest BCUT2D eigenvalue weighted by atomic mass is 35.5. The van der Waals surface area contributed by atoms with Crippen LogP contribution in [-0.2, 0) is 10.0 Å². The molecule has 1 aromatic carbocycles. The van der Waals surface area contributed by atoms with Crippen molar-refractivity contribution in [3.05, 3.63) is 28.8 Å². The van der Waals surface area contributed by atoms with Crippen molar-refractivity contribution in [3.8, 4) is 0 Å². The van der Waals surface area contributed by atoms with Crippen LogP contribution in [0.1, 0.15) is 69.7 Å². The van der Waals surface area contributed by atoms with Crippen molar-refractivity contribution in [2.24, 2.45) is 11.8 Å². The molecule has 1 heterocycles. The summed E-state index contributed by atoms with van der Waals surface area (Å²) in [5.74, 6) is 0.645. The van der Waals surface area contributed by atoms with Crippen molar-refractivity contribution in [2.75, 3.05) is 19.6 Å². The molecule has 0 unspecified atom stereocenters. The summed E-state index contributed by atoms with van der Waals surface area (Å²) in [6.07, 6.45) is 6.05. The number of piperidine rings is 1. The van der Waals surface area contributed by atoms with Crippen LogP contribution in [0.4, 0.5) is 0 Å². The number of hydrogen-bond acceptors (Lipinski definition) is 3. The van der Waals surface area contributed by atoms with Gasteiger partial charge < -0.3 is 5.32 Å². The van der Waals surface area contributed by atoms with Gasteiger partial charge in [0.1, 0.15) is 0 Å². The van der Waals surface area contributed by atoms with E-state index >= 15 is 0 Å². The number of hydrogen-bond donors (Lipinski definition) is 1. The second-order valence-corrected chi connectivity index (χ2v) is 10.2. The van der Waals surface area contributed by atoms with Gasteiger partial charge in [0.05, 0.1) is 15.5 Å². The van der Waals surface area contributed by atoms with Gasteiger partial charge in [-0.05, 0) is 49.3 Å². The van der Waals surface area contributed by atoms with E-state index < -0.39 is 10.0 Å². The van der Waals surface area contributed by atoms with E-state index in [9.17, 15) is 13.2 Å².